The third kappa shape index (κ3) is 22.4. The maximum atomic E-state index is 12.9. The number of nitrogens with one attached hydrogen (secondary N) is 3. The lowest BCUT2D eigenvalue weighted by atomic mass is 9.94. The molecule has 0 spiro atoms. The molecule has 0 unspecified atom stereocenters. The van der Waals surface area contributed by atoms with Crippen molar-refractivity contribution in [1.29, 1.82) is 0 Å². The molecule has 0 bridgehead atoms. The number of hydrogen-bond donors (Lipinski definition) is 20. The normalized spacial score (nSPS) is 38.9. The van der Waals surface area contributed by atoms with E-state index < -0.39 is 268 Å². The molecule has 5 aliphatic heterocycles. The number of aliphatic carboxylic acids is 2. The number of carbonyl (C=O) groups is 2. The van der Waals surface area contributed by atoms with Crippen molar-refractivity contribution >= 4 is 94.8 Å². The van der Waals surface area contributed by atoms with Gasteiger partial charge in [0.2, 0.25) is 0 Å². The monoisotopic (exact) mass is 1490 g/mol. The van der Waals surface area contributed by atoms with Crippen molar-refractivity contribution in [2.75, 3.05) is 19.8 Å². The van der Waals surface area contributed by atoms with Crippen LogP contribution in [-0.2, 0) is 156 Å². The standard InChI is InChI=1S/C30H51N3O49S8/c34-10-4(1-69-86(54,55)56)73-27(8(11(10)35)32-84(48,49)50)77-19-13(37)14(38)29(79-22(19)24(40)41)76-17-6(3-71-88(60,61)62)74-28(9(33-85(51,52)53)18(17)81-89(63,64)65)78-20-15(39)21(82-90(66,67)68)30(80-23(20)25(42)43)75-16-5(2-70-87(57,58)59)72-26(44)7(12(16)36)31-83(45,46)47/h4-23,26-39,44H,1-3H2,(H,40,41)(H,42,43)(H,45,46,47)(H,48,49,50)(H,51,52,53)(H,54,55,56)(H,57,58,59)(H,60,61,62)(H,63,64,65)(H,66,67,68)/t4-,5-,6-,7-,8-,9-,10-,11-,12-,13-,14+,15+,16-,17+,18-,19+,20+,21-,22+,23-,26+,27-,28-,29-,30-/m1/s1. The number of aliphatic hydroxyl groups excluding tert-OH is 7. The van der Waals surface area contributed by atoms with Crippen molar-refractivity contribution in [3.8, 4) is 0 Å². The SMILES string of the molecule is O=C(O)[C@H]1O[C@@H](O[C@@H]2[C@H](OS(=O)(=O)O)[C@@H](NS(=O)(=O)O)[C@@H](O[C@H]3[C@H](O)[C@@H](OS(=O)(=O)O)[C@H](O[C@H]4[C@H](O)[C@@H](NS(=O)(=O)O)[C@@H](O)O[C@@H]4COS(=O)(=O)O)O[C@H]3C(=O)O)O[C@@H]2COS(=O)(=O)O)[C@@H](O)[C@@H](O)[C@@H]1O[C@H]1O[C@H](COS(=O)(=O)O)[C@@H](O)[C@H](O)[C@H]1NS(=O)(=O)O. The molecule has 528 valence electrons. The van der Waals surface area contributed by atoms with E-state index in [4.69, 9.17) is 51.7 Å². The summed E-state index contributed by atoms with van der Waals surface area (Å²) in [6, 6.07) is -8.42. The van der Waals surface area contributed by atoms with E-state index in [0.717, 1.165) is 4.72 Å². The summed E-state index contributed by atoms with van der Waals surface area (Å²) in [5.41, 5.74) is 0. The minimum Gasteiger partial charge on any atom is -0.479 e. The fourth-order valence-electron chi connectivity index (χ4n) is 8.80. The topological polar surface area (TPSA) is 816 Å². The zero-order chi connectivity index (χ0) is 68.7. The maximum absolute atomic E-state index is 12.9. The molecule has 25 atom stereocenters. The summed E-state index contributed by atoms with van der Waals surface area (Å²) >= 11 is 0. The van der Waals surface area contributed by atoms with Crippen LogP contribution in [0.1, 0.15) is 0 Å². The van der Waals surface area contributed by atoms with Gasteiger partial charge in [-0.15, -0.1) is 0 Å². The molecule has 5 aliphatic rings. The van der Waals surface area contributed by atoms with Crippen LogP contribution in [0.4, 0.5) is 0 Å². The predicted molar refractivity (Wildman–Crippen MR) is 257 cm³/mol. The van der Waals surface area contributed by atoms with Crippen LogP contribution in [0, 0.1) is 0 Å². The molecule has 52 nitrogen and oxygen atoms in total. The Balaban J connectivity index is 1.59. The van der Waals surface area contributed by atoms with Gasteiger partial charge in [0, 0.05) is 0 Å². The van der Waals surface area contributed by atoms with E-state index >= 15 is 0 Å². The van der Waals surface area contributed by atoms with E-state index in [9.17, 15) is 150 Å². The molecule has 0 saturated carbocycles. The fourth-order valence-corrected chi connectivity index (χ4v) is 12.5. The first-order chi connectivity index (χ1) is 40.6. The highest BCUT2D eigenvalue weighted by molar-refractivity contribution is 7.84. The van der Waals surface area contributed by atoms with Gasteiger partial charge in [0.1, 0.15) is 104 Å². The molecule has 0 aromatic rings. The van der Waals surface area contributed by atoms with Gasteiger partial charge in [-0.25, -0.2) is 30.5 Å². The second-order valence-corrected chi connectivity index (χ2v) is 27.4. The Morgan fingerprint density at radius 1 is 0.333 bits per heavy atom. The lowest BCUT2D eigenvalue weighted by molar-refractivity contribution is -0.372. The van der Waals surface area contributed by atoms with Gasteiger partial charge in [-0.05, 0) is 0 Å². The molecule has 0 aromatic carbocycles. The molecule has 5 saturated heterocycles. The number of carboxylic acid groups (broad SMARTS) is 2. The van der Waals surface area contributed by atoms with Crippen LogP contribution in [-0.4, -0.2) is 335 Å². The fraction of sp³-hybridized carbons (Fsp3) is 0.933. The average molecular weight is 1490 g/mol. The molecule has 5 fully saturated rings. The van der Waals surface area contributed by atoms with Crippen molar-refractivity contribution in [3.63, 3.8) is 0 Å². The second kappa shape index (κ2) is 29.3. The molecule has 0 amide bonds. The van der Waals surface area contributed by atoms with Gasteiger partial charge >= 0.3 is 94.8 Å². The van der Waals surface area contributed by atoms with Gasteiger partial charge in [0.25, 0.3) is 0 Å². The van der Waals surface area contributed by atoms with Gasteiger partial charge < -0.3 is 88.6 Å². The largest absolute Gasteiger partial charge is 0.479 e. The number of rotatable bonds is 29. The highest BCUT2D eigenvalue weighted by Gasteiger charge is 2.61. The van der Waals surface area contributed by atoms with E-state index in [2.05, 4.69) is 20.9 Å². The highest BCUT2D eigenvalue weighted by Crippen LogP contribution is 2.38. The second-order valence-electron chi connectivity index (χ2n) is 18.5. The molecule has 0 radical (unpaired) electrons. The van der Waals surface area contributed by atoms with Crippen LogP contribution in [0.25, 0.3) is 0 Å². The number of aliphatic hydroxyl groups is 7. The molecule has 60 heteroatoms. The number of carboxylic acids is 2. The van der Waals surface area contributed by atoms with Gasteiger partial charge in [0.05, 0.1) is 19.8 Å². The Morgan fingerprint density at radius 3 is 1.14 bits per heavy atom. The van der Waals surface area contributed by atoms with Crippen LogP contribution < -0.4 is 14.2 Å². The molecule has 0 aliphatic carbocycles. The Labute approximate surface area is 502 Å². The van der Waals surface area contributed by atoms with Crippen molar-refractivity contribution in [1.82, 2.24) is 14.2 Å². The first kappa shape index (κ1) is 78.0. The van der Waals surface area contributed by atoms with Gasteiger partial charge in [-0.1, -0.05) is 0 Å². The highest BCUT2D eigenvalue weighted by atomic mass is 32.3. The van der Waals surface area contributed by atoms with Crippen LogP contribution in [0.15, 0.2) is 0 Å². The third-order valence-corrected chi connectivity index (χ3v) is 16.2. The van der Waals surface area contributed by atoms with E-state index in [0.29, 0.717) is 0 Å². The Morgan fingerprint density at radius 2 is 0.700 bits per heavy atom. The molecule has 5 rings (SSSR count). The minimum atomic E-state index is -6.36. The summed E-state index contributed by atoms with van der Waals surface area (Å²) < 4.78 is 339. The predicted octanol–water partition coefficient (Wildman–Crippen LogP) is -14.4. The zero-order valence-corrected chi connectivity index (χ0v) is 49.5. The Kier molecular flexibility index (Phi) is 25.4. The van der Waals surface area contributed by atoms with Crippen molar-refractivity contribution in [3.05, 3.63) is 0 Å². The quantitative estimate of drug-likeness (QED) is 0.0309. The molecule has 5 heterocycles. The smallest absolute Gasteiger partial charge is 0.397 e. The molecule has 20 N–H and O–H groups in total. The summed E-state index contributed by atoms with van der Waals surface area (Å²) in [5.74, 6) is -4.94. The molecule has 90 heavy (non-hydrogen) atoms. The van der Waals surface area contributed by atoms with Crippen molar-refractivity contribution in [2.45, 2.75) is 153 Å². The van der Waals surface area contributed by atoms with Crippen molar-refractivity contribution in [2.24, 2.45) is 0 Å². The van der Waals surface area contributed by atoms with E-state index in [-0.39, 0.29) is 0 Å². The molecule has 0 aromatic heterocycles. The summed E-state index contributed by atoms with van der Waals surface area (Å²) in [6.45, 7) is -5.16. The number of hydrogen-bond acceptors (Lipinski definition) is 39. The van der Waals surface area contributed by atoms with E-state index in [1.165, 1.54) is 9.44 Å². The van der Waals surface area contributed by atoms with E-state index in [1.54, 1.807) is 0 Å². The van der Waals surface area contributed by atoms with Gasteiger partial charge in [-0.2, -0.15) is 81.5 Å². The van der Waals surface area contributed by atoms with Crippen LogP contribution in [0.5, 0.6) is 0 Å². The summed E-state index contributed by atoms with van der Waals surface area (Å²) in [5, 5.41) is 97.8. The average Bonchev–Trinajstić information content (AvgIpc) is 0.774. The number of ether oxygens (including phenoxy) is 9. The van der Waals surface area contributed by atoms with Crippen LogP contribution in [0.2, 0.25) is 0 Å². The zero-order valence-electron chi connectivity index (χ0n) is 43.0. The van der Waals surface area contributed by atoms with Crippen molar-refractivity contribution < 1.29 is 223 Å². The first-order valence-electron chi connectivity index (χ1n) is 23.2. The Bertz CT molecular complexity index is 3470. The summed E-state index contributed by atoms with van der Waals surface area (Å²) in [7, 11) is -46.7. The first-order valence-corrected chi connectivity index (χ1v) is 34.3. The van der Waals surface area contributed by atoms with E-state index in [1.807, 2.05) is 0 Å². The van der Waals surface area contributed by atoms with Gasteiger partial charge in [0.15, 0.2) is 49.8 Å². The molecular weight excluding hydrogens is 1440 g/mol. The summed E-state index contributed by atoms with van der Waals surface area (Å²) in [6.07, 6.45) is -64.7. The Hall–Kier alpha value is -2.74. The third-order valence-electron chi connectivity index (χ3n) is 12.2. The minimum absolute atomic E-state index is 1.09. The molecular formula is C30H51N3O49S8. The van der Waals surface area contributed by atoms with Crippen LogP contribution in [0.3, 0.4) is 0 Å². The van der Waals surface area contributed by atoms with Crippen LogP contribution >= 0.6 is 0 Å². The van der Waals surface area contributed by atoms with Gasteiger partial charge in [-0.3, -0.25) is 36.4 Å². The maximum Gasteiger partial charge on any atom is 0.397 e. The lowest BCUT2D eigenvalue weighted by Gasteiger charge is -2.50. The lowest BCUT2D eigenvalue weighted by Crippen LogP contribution is -2.71. The summed E-state index contributed by atoms with van der Waals surface area (Å²) in [4.78, 5) is 25.7.